The zero-order chi connectivity index (χ0) is 10.6. The van der Waals surface area contributed by atoms with Crippen LogP contribution in [0.15, 0.2) is 24.3 Å². The van der Waals surface area contributed by atoms with E-state index in [1.54, 1.807) is 0 Å². The number of rotatable bonds is 4. The van der Waals surface area contributed by atoms with Gasteiger partial charge in [0.2, 0.25) is 0 Å². The van der Waals surface area contributed by atoms with Gasteiger partial charge in [-0.15, -0.1) is 0 Å². The number of benzene rings is 1. The standard InChI is InChI=1S/C13H21N/c1-5-14-12(4)11(3)13-8-6-10(2)7-9-13/h6-9,11-12,14H,5H2,1-4H3. The van der Waals surface area contributed by atoms with Crippen LogP contribution in [0.3, 0.4) is 0 Å². The van der Waals surface area contributed by atoms with Crippen LogP contribution in [0.2, 0.25) is 0 Å². The summed E-state index contributed by atoms with van der Waals surface area (Å²) in [6.07, 6.45) is 0. The van der Waals surface area contributed by atoms with Gasteiger partial charge in [0.15, 0.2) is 0 Å². The second-order valence-corrected chi connectivity index (χ2v) is 4.05. The highest BCUT2D eigenvalue weighted by Gasteiger charge is 2.12. The van der Waals surface area contributed by atoms with Gasteiger partial charge in [0.05, 0.1) is 0 Å². The topological polar surface area (TPSA) is 12.0 Å². The molecule has 1 N–H and O–H groups in total. The van der Waals surface area contributed by atoms with Gasteiger partial charge in [-0.05, 0) is 31.9 Å². The van der Waals surface area contributed by atoms with E-state index in [0.29, 0.717) is 12.0 Å². The van der Waals surface area contributed by atoms with Gasteiger partial charge in [-0.25, -0.2) is 0 Å². The quantitative estimate of drug-likeness (QED) is 0.771. The summed E-state index contributed by atoms with van der Waals surface area (Å²) in [4.78, 5) is 0. The van der Waals surface area contributed by atoms with Crippen molar-refractivity contribution in [1.82, 2.24) is 5.32 Å². The fourth-order valence-corrected chi connectivity index (χ4v) is 1.66. The molecule has 1 nitrogen and oxygen atoms in total. The van der Waals surface area contributed by atoms with E-state index < -0.39 is 0 Å². The predicted molar refractivity (Wildman–Crippen MR) is 62.7 cm³/mol. The molecule has 0 aliphatic rings. The van der Waals surface area contributed by atoms with Gasteiger partial charge in [0.1, 0.15) is 0 Å². The van der Waals surface area contributed by atoms with Gasteiger partial charge in [-0.1, -0.05) is 43.7 Å². The van der Waals surface area contributed by atoms with E-state index in [1.165, 1.54) is 11.1 Å². The van der Waals surface area contributed by atoms with Gasteiger partial charge >= 0.3 is 0 Å². The molecule has 2 unspecified atom stereocenters. The Kier molecular flexibility index (Phi) is 4.15. The summed E-state index contributed by atoms with van der Waals surface area (Å²) >= 11 is 0. The highest BCUT2D eigenvalue weighted by atomic mass is 14.9. The van der Waals surface area contributed by atoms with Crippen molar-refractivity contribution >= 4 is 0 Å². The minimum Gasteiger partial charge on any atom is -0.314 e. The van der Waals surface area contributed by atoms with E-state index in [4.69, 9.17) is 0 Å². The zero-order valence-corrected chi connectivity index (χ0v) is 9.67. The van der Waals surface area contributed by atoms with Crippen LogP contribution in [-0.2, 0) is 0 Å². The molecule has 2 atom stereocenters. The summed E-state index contributed by atoms with van der Waals surface area (Å²) in [5.74, 6) is 0.579. The van der Waals surface area contributed by atoms with Crippen LogP contribution in [-0.4, -0.2) is 12.6 Å². The van der Waals surface area contributed by atoms with Crippen LogP contribution < -0.4 is 5.32 Å². The molecule has 0 aromatic heterocycles. The maximum atomic E-state index is 3.46. The summed E-state index contributed by atoms with van der Waals surface area (Å²) in [5.41, 5.74) is 2.75. The molecule has 1 heteroatoms. The third-order valence-corrected chi connectivity index (χ3v) is 2.88. The van der Waals surface area contributed by atoms with Crippen molar-refractivity contribution in [1.29, 1.82) is 0 Å². The highest BCUT2D eigenvalue weighted by Crippen LogP contribution is 2.19. The Morgan fingerprint density at radius 2 is 1.71 bits per heavy atom. The summed E-state index contributed by atoms with van der Waals surface area (Å²) in [5, 5.41) is 3.46. The molecule has 0 radical (unpaired) electrons. The summed E-state index contributed by atoms with van der Waals surface area (Å²) in [6, 6.07) is 9.37. The fraction of sp³-hybridized carbons (Fsp3) is 0.538. The van der Waals surface area contributed by atoms with E-state index in [0.717, 1.165) is 6.54 Å². The maximum Gasteiger partial charge on any atom is 0.0105 e. The largest absolute Gasteiger partial charge is 0.314 e. The van der Waals surface area contributed by atoms with Gasteiger partial charge in [-0.2, -0.15) is 0 Å². The molecule has 1 aromatic rings. The first kappa shape index (κ1) is 11.3. The maximum absolute atomic E-state index is 3.46. The van der Waals surface area contributed by atoms with Crippen LogP contribution in [0.4, 0.5) is 0 Å². The molecule has 0 saturated carbocycles. The molecule has 0 fully saturated rings. The summed E-state index contributed by atoms with van der Waals surface area (Å²) in [7, 11) is 0. The van der Waals surface area contributed by atoms with Crippen molar-refractivity contribution in [2.75, 3.05) is 6.54 Å². The van der Waals surface area contributed by atoms with Crippen LogP contribution in [0.1, 0.15) is 37.8 Å². The van der Waals surface area contributed by atoms with Crippen molar-refractivity contribution in [2.45, 2.75) is 39.7 Å². The zero-order valence-electron chi connectivity index (χ0n) is 9.67. The number of nitrogens with one attached hydrogen (secondary N) is 1. The van der Waals surface area contributed by atoms with Gasteiger partial charge in [0.25, 0.3) is 0 Å². The summed E-state index contributed by atoms with van der Waals surface area (Å²) in [6.45, 7) is 9.84. The van der Waals surface area contributed by atoms with Crippen LogP contribution >= 0.6 is 0 Å². The third kappa shape index (κ3) is 2.85. The molecule has 0 bridgehead atoms. The molecule has 0 spiro atoms. The van der Waals surface area contributed by atoms with Crippen molar-refractivity contribution in [3.8, 4) is 0 Å². The first-order chi connectivity index (χ1) is 6.65. The molecule has 0 aliphatic carbocycles. The summed E-state index contributed by atoms with van der Waals surface area (Å²) < 4.78 is 0. The second-order valence-electron chi connectivity index (χ2n) is 4.05. The SMILES string of the molecule is CCNC(C)C(C)c1ccc(C)cc1. The highest BCUT2D eigenvalue weighted by molar-refractivity contribution is 5.25. The molecular formula is C13H21N. The number of hydrogen-bond acceptors (Lipinski definition) is 1. The van der Waals surface area contributed by atoms with E-state index in [-0.39, 0.29) is 0 Å². The Morgan fingerprint density at radius 3 is 2.21 bits per heavy atom. The molecule has 14 heavy (non-hydrogen) atoms. The van der Waals surface area contributed by atoms with Crippen LogP contribution in [0.5, 0.6) is 0 Å². The molecule has 1 aromatic carbocycles. The molecule has 1 rings (SSSR count). The lowest BCUT2D eigenvalue weighted by molar-refractivity contribution is 0.495. The minimum atomic E-state index is 0.544. The van der Waals surface area contributed by atoms with Gasteiger partial charge in [-0.3, -0.25) is 0 Å². The van der Waals surface area contributed by atoms with Crippen molar-refractivity contribution < 1.29 is 0 Å². The lowest BCUT2D eigenvalue weighted by atomic mass is 9.94. The van der Waals surface area contributed by atoms with Crippen molar-refractivity contribution in [3.05, 3.63) is 35.4 Å². The molecule has 78 valence electrons. The average Bonchev–Trinajstić information content (AvgIpc) is 2.18. The van der Waals surface area contributed by atoms with Gasteiger partial charge < -0.3 is 5.32 Å². The second kappa shape index (κ2) is 5.16. The Hall–Kier alpha value is -0.820. The molecule has 0 aliphatic heterocycles. The Bertz CT molecular complexity index is 263. The first-order valence-corrected chi connectivity index (χ1v) is 5.45. The minimum absolute atomic E-state index is 0.544. The fourth-order valence-electron chi connectivity index (χ4n) is 1.66. The lowest BCUT2D eigenvalue weighted by Gasteiger charge is -2.21. The van der Waals surface area contributed by atoms with Gasteiger partial charge in [0, 0.05) is 6.04 Å². The van der Waals surface area contributed by atoms with Crippen molar-refractivity contribution in [2.24, 2.45) is 0 Å². The Balaban J connectivity index is 2.68. The first-order valence-electron chi connectivity index (χ1n) is 5.45. The molecular weight excluding hydrogens is 170 g/mol. The predicted octanol–water partition coefficient (Wildman–Crippen LogP) is 3.10. The monoisotopic (exact) mass is 191 g/mol. The van der Waals surface area contributed by atoms with E-state index in [9.17, 15) is 0 Å². The molecule has 0 amide bonds. The molecule has 0 saturated heterocycles. The third-order valence-electron chi connectivity index (χ3n) is 2.88. The average molecular weight is 191 g/mol. The Morgan fingerprint density at radius 1 is 1.14 bits per heavy atom. The number of likely N-dealkylation sites (N-methyl/N-ethyl adjacent to an activating group) is 1. The van der Waals surface area contributed by atoms with E-state index in [1.807, 2.05) is 0 Å². The Labute approximate surface area is 87.5 Å². The normalized spacial score (nSPS) is 15.1. The van der Waals surface area contributed by atoms with Crippen LogP contribution in [0.25, 0.3) is 0 Å². The lowest BCUT2D eigenvalue weighted by Crippen LogP contribution is -2.30. The number of hydrogen-bond donors (Lipinski definition) is 1. The smallest absolute Gasteiger partial charge is 0.0105 e. The van der Waals surface area contributed by atoms with Crippen LogP contribution in [0, 0.1) is 6.92 Å². The van der Waals surface area contributed by atoms with Crippen molar-refractivity contribution in [3.63, 3.8) is 0 Å². The molecule has 0 heterocycles. The van der Waals surface area contributed by atoms with E-state index >= 15 is 0 Å². The van der Waals surface area contributed by atoms with E-state index in [2.05, 4.69) is 57.3 Å². The number of aryl methyl sites for hydroxylation is 1.